The Morgan fingerprint density at radius 2 is 2.00 bits per heavy atom. The Morgan fingerprint density at radius 1 is 1.31 bits per heavy atom. The van der Waals surface area contributed by atoms with E-state index in [4.69, 9.17) is 19.7 Å². The summed E-state index contributed by atoms with van der Waals surface area (Å²) in [5.41, 5.74) is 9.85. The predicted octanol–water partition coefficient (Wildman–Crippen LogP) is 2.06. The topological polar surface area (TPSA) is 123 Å². The molecular formula is C17H22N4O5. The van der Waals surface area contributed by atoms with Crippen molar-refractivity contribution in [3.63, 3.8) is 0 Å². The van der Waals surface area contributed by atoms with Crippen molar-refractivity contribution in [3.8, 4) is 0 Å². The number of azide groups is 1. The van der Waals surface area contributed by atoms with Crippen molar-refractivity contribution in [2.75, 3.05) is 0 Å². The molecule has 0 aromatic heterocycles. The molecule has 1 aliphatic heterocycles. The maximum absolute atomic E-state index is 11.6. The van der Waals surface area contributed by atoms with Crippen LogP contribution in [0.4, 0.5) is 0 Å². The standard InChI is InChI=1S/C17H22N4O5/c1-10-16(26-12(3)23)14(20-21-18)15(19-11(2)22)17(25-10)24-9-13-7-5-4-6-8-13/h4-8,10,14-17H,9H2,1-3H3,(H,19,22)/t10-,14+,15+,16+,17+/m0/s1. The van der Waals surface area contributed by atoms with E-state index in [1.54, 1.807) is 6.92 Å². The SMILES string of the molecule is CC(=O)N[C@H]1[C@H](OCc2ccccc2)O[C@@H](C)[C@@H](OC(C)=O)[C@@H]1N=[N+]=[N-]. The number of hydrogen-bond donors (Lipinski definition) is 1. The molecule has 5 atom stereocenters. The van der Waals surface area contributed by atoms with Gasteiger partial charge in [-0.3, -0.25) is 9.59 Å². The van der Waals surface area contributed by atoms with E-state index >= 15 is 0 Å². The van der Waals surface area contributed by atoms with Gasteiger partial charge in [-0.2, -0.15) is 0 Å². The molecule has 0 radical (unpaired) electrons. The first-order valence-corrected chi connectivity index (χ1v) is 8.22. The Morgan fingerprint density at radius 3 is 2.58 bits per heavy atom. The summed E-state index contributed by atoms with van der Waals surface area (Å²) in [6.45, 7) is 4.53. The lowest BCUT2D eigenvalue weighted by atomic mass is 9.95. The van der Waals surface area contributed by atoms with Crippen molar-refractivity contribution < 1.29 is 23.8 Å². The highest BCUT2D eigenvalue weighted by molar-refractivity contribution is 5.73. The summed E-state index contributed by atoms with van der Waals surface area (Å²) in [6, 6.07) is 7.79. The second-order valence-corrected chi connectivity index (χ2v) is 6.00. The van der Waals surface area contributed by atoms with Crippen LogP contribution < -0.4 is 5.32 Å². The van der Waals surface area contributed by atoms with Gasteiger partial charge in [0.15, 0.2) is 6.29 Å². The molecule has 1 heterocycles. The van der Waals surface area contributed by atoms with Crippen LogP contribution >= 0.6 is 0 Å². The molecule has 26 heavy (non-hydrogen) atoms. The lowest BCUT2D eigenvalue weighted by Gasteiger charge is -2.43. The first-order valence-electron chi connectivity index (χ1n) is 8.22. The molecule has 1 aromatic carbocycles. The number of rotatable bonds is 6. The van der Waals surface area contributed by atoms with Gasteiger partial charge in [-0.15, -0.1) is 0 Å². The molecular weight excluding hydrogens is 340 g/mol. The molecule has 2 rings (SSSR count). The van der Waals surface area contributed by atoms with Gasteiger partial charge in [-0.1, -0.05) is 35.4 Å². The zero-order valence-electron chi connectivity index (χ0n) is 14.9. The molecule has 1 aromatic rings. The Kier molecular flexibility index (Phi) is 6.97. The number of amides is 1. The number of hydrogen-bond acceptors (Lipinski definition) is 6. The van der Waals surface area contributed by atoms with Crippen molar-refractivity contribution in [2.45, 2.75) is 58.0 Å². The quantitative estimate of drug-likeness (QED) is 0.359. The third kappa shape index (κ3) is 5.19. The summed E-state index contributed by atoms with van der Waals surface area (Å²) in [6.07, 6.45) is -2.28. The molecule has 0 saturated carbocycles. The molecule has 1 aliphatic rings. The molecule has 1 N–H and O–H groups in total. The fourth-order valence-corrected chi connectivity index (χ4v) is 2.85. The average molecular weight is 362 g/mol. The molecule has 1 saturated heterocycles. The molecule has 0 unspecified atom stereocenters. The number of nitrogens with one attached hydrogen (secondary N) is 1. The van der Waals surface area contributed by atoms with E-state index in [1.807, 2.05) is 30.3 Å². The van der Waals surface area contributed by atoms with E-state index in [0.717, 1.165) is 5.56 Å². The van der Waals surface area contributed by atoms with Crippen LogP contribution in [0.2, 0.25) is 0 Å². The van der Waals surface area contributed by atoms with Gasteiger partial charge >= 0.3 is 5.97 Å². The fourth-order valence-electron chi connectivity index (χ4n) is 2.85. The number of carbonyl (C=O) groups excluding carboxylic acids is 2. The molecule has 0 bridgehead atoms. The van der Waals surface area contributed by atoms with Crippen LogP contribution in [0.1, 0.15) is 26.3 Å². The highest BCUT2D eigenvalue weighted by Crippen LogP contribution is 2.27. The minimum Gasteiger partial charge on any atom is -0.459 e. The summed E-state index contributed by atoms with van der Waals surface area (Å²) in [5, 5.41) is 6.42. The van der Waals surface area contributed by atoms with E-state index in [9.17, 15) is 9.59 Å². The number of carbonyl (C=O) groups is 2. The summed E-state index contributed by atoms with van der Waals surface area (Å²) in [4.78, 5) is 25.9. The van der Waals surface area contributed by atoms with Gasteiger partial charge in [0.1, 0.15) is 12.1 Å². The Labute approximate surface area is 151 Å². The maximum Gasteiger partial charge on any atom is 0.303 e. The fraction of sp³-hybridized carbons (Fsp3) is 0.529. The first kappa shape index (κ1) is 19.7. The van der Waals surface area contributed by atoms with E-state index in [0.29, 0.717) is 0 Å². The number of benzene rings is 1. The zero-order valence-corrected chi connectivity index (χ0v) is 14.9. The molecule has 1 amide bonds. The van der Waals surface area contributed by atoms with Gasteiger partial charge in [0.05, 0.1) is 18.8 Å². The predicted molar refractivity (Wildman–Crippen MR) is 91.7 cm³/mol. The largest absolute Gasteiger partial charge is 0.459 e. The van der Waals surface area contributed by atoms with E-state index in [1.165, 1.54) is 13.8 Å². The Hall–Kier alpha value is -2.61. The summed E-state index contributed by atoms with van der Waals surface area (Å²) in [5.74, 6) is -0.880. The van der Waals surface area contributed by atoms with Crippen LogP contribution in [0.25, 0.3) is 10.4 Å². The van der Waals surface area contributed by atoms with Crippen molar-refractivity contribution in [1.29, 1.82) is 0 Å². The van der Waals surface area contributed by atoms with E-state index in [-0.39, 0.29) is 12.5 Å². The lowest BCUT2D eigenvalue weighted by Crippen LogP contribution is -2.63. The van der Waals surface area contributed by atoms with Crippen molar-refractivity contribution >= 4 is 11.9 Å². The van der Waals surface area contributed by atoms with Crippen LogP contribution in [-0.4, -0.2) is 42.5 Å². The van der Waals surface area contributed by atoms with E-state index in [2.05, 4.69) is 15.3 Å². The number of esters is 1. The average Bonchev–Trinajstić information content (AvgIpc) is 2.59. The van der Waals surface area contributed by atoms with Gasteiger partial charge in [0.2, 0.25) is 5.91 Å². The zero-order chi connectivity index (χ0) is 19.1. The second kappa shape index (κ2) is 9.19. The molecule has 9 nitrogen and oxygen atoms in total. The lowest BCUT2D eigenvalue weighted by molar-refractivity contribution is -0.245. The first-order chi connectivity index (χ1) is 12.4. The highest BCUT2D eigenvalue weighted by atomic mass is 16.7. The second-order valence-electron chi connectivity index (χ2n) is 6.00. The Balaban J connectivity index is 2.23. The van der Waals surface area contributed by atoms with Crippen LogP contribution in [0, 0.1) is 0 Å². The number of ether oxygens (including phenoxy) is 3. The van der Waals surface area contributed by atoms with Gasteiger partial charge in [-0.05, 0) is 18.0 Å². The molecule has 0 spiro atoms. The minimum atomic E-state index is -0.864. The summed E-state index contributed by atoms with van der Waals surface area (Å²) >= 11 is 0. The van der Waals surface area contributed by atoms with E-state index < -0.39 is 36.6 Å². The van der Waals surface area contributed by atoms with Crippen molar-refractivity contribution in [1.82, 2.24) is 5.32 Å². The maximum atomic E-state index is 11.6. The normalized spacial score (nSPS) is 27.9. The third-order valence-electron chi connectivity index (χ3n) is 3.92. The molecule has 1 fully saturated rings. The van der Waals surface area contributed by atoms with Gasteiger partial charge < -0.3 is 19.5 Å². The van der Waals surface area contributed by atoms with Crippen LogP contribution in [0.5, 0.6) is 0 Å². The van der Waals surface area contributed by atoms with Gasteiger partial charge in [0, 0.05) is 18.8 Å². The monoisotopic (exact) mass is 362 g/mol. The van der Waals surface area contributed by atoms with Gasteiger partial charge in [0.25, 0.3) is 0 Å². The van der Waals surface area contributed by atoms with Crippen LogP contribution in [0.15, 0.2) is 35.4 Å². The smallest absolute Gasteiger partial charge is 0.303 e. The van der Waals surface area contributed by atoms with Gasteiger partial charge in [-0.25, -0.2) is 0 Å². The van der Waals surface area contributed by atoms with Crippen LogP contribution in [-0.2, 0) is 30.4 Å². The van der Waals surface area contributed by atoms with Crippen LogP contribution in [0.3, 0.4) is 0 Å². The molecule has 140 valence electrons. The minimum absolute atomic E-state index is 0.246. The van der Waals surface area contributed by atoms with Crippen molar-refractivity contribution in [2.24, 2.45) is 5.11 Å². The number of nitrogens with zero attached hydrogens (tertiary/aromatic N) is 3. The summed E-state index contributed by atoms with van der Waals surface area (Å²) < 4.78 is 16.9. The molecule has 9 heteroatoms. The molecule has 0 aliphatic carbocycles. The van der Waals surface area contributed by atoms with Crippen molar-refractivity contribution in [3.05, 3.63) is 46.3 Å². The summed E-state index contributed by atoms with van der Waals surface area (Å²) in [7, 11) is 0. The third-order valence-corrected chi connectivity index (χ3v) is 3.92. The Bertz CT molecular complexity index is 677. The highest BCUT2D eigenvalue weighted by Gasteiger charge is 2.46.